The number of carbonyl (C=O) groups is 1. The van der Waals surface area contributed by atoms with Crippen molar-refractivity contribution in [3.63, 3.8) is 0 Å². The standard InChI is InChI=1S/C25H25F4N7O/c1-15-18(16(2)35(31-15)17-6-4-3-5-7-17)14-33-8-10-34(11-9-33)25(37)20-13-22-30-19(23(26)27)12-21(24(28)29)36(22)32-20/h3-7,12-13,23-24H,8-11,14H2,1-2H3. The number of aromatic nitrogens is 5. The molecule has 4 heterocycles. The van der Waals surface area contributed by atoms with Crippen molar-refractivity contribution in [2.75, 3.05) is 26.2 Å². The number of fused-ring (bicyclic) bond motifs is 1. The third kappa shape index (κ3) is 4.80. The van der Waals surface area contributed by atoms with Crippen LogP contribution in [0.25, 0.3) is 11.3 Å². The van der Waals surface area contributed by atoms with E-state index in [9.17, 15) is 22.4 Å². The normalized spacial score (nSPS) is 14.9. The van der Waals surface area contributed by atoms with Gasteiger partial charge in [-0.1, -0.05) is 18.2 Å². The van der Waals surface area contributed by atoms with Crippen molar-refractivity contribution < 1.29 is 22.4 Å². The number of hydrogen-bond acceptors (Lipinski definition) is 5. The SMILES string of the molecule is Cc1nn(-c2ccccc2)c(C)c1CN1CCN(C(=O)c2cc3nc(C(F)F)cc(C(F)F)n3n2)CC1. The van der Waals surface area contributed by atoms with Gasteiger partial charge < -0.3 is 4.90 Å². The third-order valence-electron chi connectivity index (χ3n) is 6.62. The lowest BCUT2D eigenvalue weighted by molar-refractivity contribution is 0.0621. The highest BCUT2D eigenvalue weighted by Gasteiger charge is 2.27. The highest BCUT2D eigenvalue weighted by molar-refractivity contribution is 5.93. The molecule has 0 N–H and O–H groups in total. The summed E-state index contributed by atoms with van der Waals surface area (Å²) in [6.45, 7) is 6.72. The summed E-state index contributed by atoms with van der Waals surface area (Å²) in [6.07, 6.45) is -6.07. The van der Waals surface area contributed by atoms with Crippen molar-refractivity contribution in [2.24, 2.45) is 0 Å². The topological polar surface area (TPSA) is 71.6 Å². The van der Waals surface area contributed by atoms with Gasteiger partial charge in [0.25, 0.3) is 18.8 Å². The van der Waals surface area contributed by atoms with Crippen LogP contribution in [0.5, 0.6) is 0 Å². The van der Waals surface area contributed by atoms with Gasteiger partial charge in [-0.15, -0.1) is 0 Å². The molecule has 1 saturated heterocycles. The van der Waals surface area contributed by atoms with Gasteiger partial charge in [0.2, 0.25) is 0 Å². The minimum Gasteiger partial charge on any atom is -0.335 e. The fraction of sp³-hybridized carbons (Fsp3) is 0.360. The molecule has 8 nitrogen and oxygen atoms in total. The minimum absolute atomic E-state index is 0.106. The predicted octanol–water partition coefficient (Wildman–Crippen LogP) is 4.37. The van der Waals surface area contributed by atoms with Crippen molar-refractivity contribution in [1.29, 1.82) is 0 Å². The number of halogens is 4. The fourth-order valence-electron chi connectivity index (χ4n) is 4.61. The van der Waals surface area contributed by atoms with E-state index in [1.54, 1.807) is 4.90 Å². The zero-order valence-electron chi connectivity index (χ0n) is 20.3. The van der Waals surface area contributed by atoms with Gasteiger partial charge in [-0.2, -0.15) is 10.2 Å². The highest BCUT2D eigenvalue weighted by Crippen LogP contribution is 2.26. The Kier molecular flexibility index (Phi) is 6.67. The molecule has 5 rings (SSSR count). The molecule has 1 fully saturated rings. The van der Waals surface area contributed by atoms with E-state index in [0.717, 1.165) is 27.2 Å². The number of benzene rings is 1. The molecule has 0 unspecified atom stereocenters. The number of amides is 1. The Balaban J connectivity index is 1.28. The summed E-state index contributed by atoms with van der Waals surface area (Å²) < 4.78 is 55.8. The lowest BCUT2D eigenvalue weighted by Gasteiger charge is -2.34. The van der Waals surface area contributed by atoms with E-state index in [0.29, 0.717) is 38.8 Å². The Bertz CT molecular complexity index is 1430. The maximum Gasteiger partial charge on any atom is 0.280 e. The van der Waals surface area contributed by atoms with Gasteiger partial charge in [0.1, 0.15) is 11.4 Å². The van der Waals surface area contributed by atoms with Gasteiger partial charge in [0.05, 0.1) is 11.4 Å². The fourth-order valence-corrected chi connectivity index (χ4v) is 4.61. The van der Waals surface area contributed by atoms with Crippen LogP contribution in [-0.2, 0) is 6.54 Å². The number of piperazine rings is 1. The zero-order chi connectivity index (χ0) is 26.3. The predicted molar refractivity (Wildman–Crippen MR) is 127 cm³/mol. The number of carbonyl (C=O) groups excluding carboxylic acids is 1. The molecule has 0 aliphatic carbocycles. The van der Waals surface area contributed by atoms with Crippen LogP contribution in [-0.4, -0.2) is 66.3 Å². The summed E-state index contributed by atoms with van der Waals surface area (Å²) in [5.74, 6) is -0.451. The zero-order valence-corrected chi connectivity index (χ0v) is 20.3. The average molecular weight is 516 g/mol. The first-order valence-corrected chi connectivity index (χ1v) is 11.8. The van der Waals surface area contributed by atoms with Gasteiger partial charge >= 0.3 is 0 Å². The van der Waals surface area contributed by atoms with Gasteiger partial charge in [0, 0.05) is 50.0 Å². The van der Waals surface area contributed by atoms with E-state index in [-0.39, 0.29) is 11.3 Å². The molecule has 0 saturated carbocycles. The van der Waals surface area contributed by atoms with Crippen molar-refractivity contribution in [1.82, 2.24) is 34.2 Å². The molecule has 4 aromatic rings. The smallest absolute Gasteiger partial charge is 0.280 e. The van der Waals surface area contributed by atoms with E-state index < -0.39 is 30.1 Å². The van der Waals surface area contributed by atoms with Crippen LogP contribution in [0, 0.1) is 13.8 Å². The summed E-state index contributed by atoms with van der Waals surface area (Å²) in [6, 6.07) is 11.7. The molecule has 37 heavy (non-hydrogen) atoms. The first kappa shape index (κ1) is 24.9. The largest absolute Gasteiger partial charge is 0.335 e. The van der Waals surface area contributed by atoms with Gasteiger partial charge in [-0.3, -0.25) is 9.69 Å². The molecule has 3 aromatic heterocycles. The molecule has 1 aromatic carbocycles. The average Bonchev–Trinajstić information content (AvgIpc) is 3.45. The number of rotatable bonds is 6. The Morgan fingerprint density at radius 3 is 2.30 bits per heavy atom. The van der Waals surface area contributed by atoms with Crippen molar-refractivity contribution in [3.05, 3.63) is 76.5 Å². The second-order valence-corrected chi connectivity index (χ2v) is 8.97. The second kappa shape index (κ2) is 9.92. The Morgan fingerprint density at radius 1 is 0.946 bits per heavy atom. The summed E-state index contributed by atoms with van der Waals surface area (Å²) in [5.41, 5.74) is 2.28. The minimum atomic E-state index is -3.05. The number of alkyl halides is 4. The van der Waals surface area contributed by atoms with Crippen LogP contribution < -0.4 is 0 Å². The van der Waals surface area contributed by atoms with E-state index >= 15 is 0 Å². The van der Waals surface area contributed by atoms with Crippen molar-refractivity contribution in [2.45, 2.75) is 33.2 Å². The number of nitrogens with zero attached hydrogens (tertiary/aromatic N) is 7. The van der Waals surface area contributed by atoms with Crippen LogP contribution in [0.4, 0.5) is 17.6 Å². The molecule has 12 heteroatoms. The van der Waals surface area contributed by atoms with Gasteiger partial charge in [-0.25, -0.2) is 31.7 Å². The Morgan fingerprint density at radius 2 is 1.65 bits per heavy atom. The summed E-state index contributed by atoms with van der Waals surface area (Å²) in [4.78, 5) is 20.6. The molecule has 1 aliphatic heterocycles. The lowest BCUT2D eigenvalue weighted by Crippen LogP contribution is -2.48. The van der Waals surface area contributed by atoms with Crippen molar-refractivity contribution in [3.8, 4) is 5.69 Å². The first-order chi connectivity index (χ1) is 17.7. The summed E-state index contributed by atoms with van der Waals surface area (Å²) in [5, 5.41) is 8.66. The highest BCUT2D eigenvalue weighted by atomic mass is 19.3. The van der Waals surface area contributed by atoms with Crippen LogP contribution in [0.15, 0.2) is 42.5 Å². The molecule has 1 amide bonds. The van der Waals surface area contributed by atoms with E-state index in [1.165, 1.54) is 6.07 Å². The number of aryl methyl sites for hydroxylation is 1. The quantitative estimate of drug-likeness (QED) is 0.357. The lowest BCUT2D eigenvalue weighted by atomic mass is 10.1. The Hall–Kier alpha value is -3.80. The second-order valence-electron chi connectivity index (χ2n) is 8.97. The van der Waals surface area contributed by atoms with Gasteiger partial charge in [-0.05, 0) is 32.0 Å². The van der Waals surface area contributed by atoms with Crippen LogP contribution in [0.1, 0.15) is 51.7 Å². The molecular formula is C25H25F4N7O. The Labute approximate surface area is 210 Å². The molecule has 0 atom stereocenters. The van der Waals surface area contributed by atoms with Crippen LogP contribution in [0.2, 0.25) is 0 Å². The van der Waals surface area contributed by atoms with E-state index in [1.807, 2.05) is 48.9 Å². The van der Waals surface area contributed by atoms with Crippen LogP contribution >= 0.6 is 0 Å². The first-order valence-electron chi connectivity index (χ1n) is 11.8. The summed E-state index contributed by atoms with van der Waals surface area (Å²) >= 11 is 0. The monoisotopic (exact) mass is 515 g/mol. The van der Waals surface area contributed by atoms with E-state index in [4.69, 9.17) is 5.10 Å². The molecule has 0 spiro atoms. The number of hydrogen-bond donors (Lipinski definition) is 0. The summed E-state index contributed by atoms with van der Waals surface area (Å²) in [7, 11) is 0. The molecule has 1 aliphatic rings. The maximum absolute atomic E-state index is 13.4. The number of para-hydroxylation sites is 1. The molecular weight excluding hydrogens is 490 g/mol. The van der Waals surface area contributed by atoms with Crippen molar-refractivity contribution >= 4 is 11.6 Å². The van der Waals surface area contributed by atoms with Crippen LogP contribution in [0.3, 0.4) is 0 Å². The molecule has 194 valence electrons. The molecule has 0 radical (unpaired) electrons. The third-order valence-corrected chi connectivity index (χ3v) is 6.62. The van der Waals surface area contributed by atoms with E-state index in [2.05, 4.69) is 15.0 Å². The maximum atomic E-state index is 13.4. The molecule has 0 bridgehead atoms. The van der Waals surface area contributed by atoms with Gasteiger partial charge in [0.15, 0.2) is 11.3 Å².